The third-order valence-electron chi connectivity index (χ3n) is 4.57. The second-order valence-corrected chi connectivity index (χ2v) is 8.27. The summed E-state index contributed by atoms with van der Waals surface area (Å²) in [7, 11) is 1.56. The molecular weight excluding hydrogens is 511 g/mol. The Morgan fingerprint density at radius 2 is 1.90 bits per heavy atom. The fourth-order valence-electron chi connectivity index (χ4n) is 3.33. The summed E-state index contributed by atoms with van der Waals surface area (Å²) in [5.41, 5.74) is 2.14. The van der Waals surface area contributed by atoms with Gasteiger partial charge >= 0.3 is 12.0 Å². The van der Waals surface area contributed by atoms with Crippen molar-refractivity contribution in [3.63, 3.8) is 0 Å². The molecule has 0 saturated carbocycles. The zero-order valence-corrected chi connectivity index (χ0v) is 20.0. The van der Waals surface area contributed by atoms with Crippen LogP contribution in [0.4, 0.5) is 4.79 Å². The van der Waals surface area contributed by atoms with Gasteiger partial charge in [0, 0.05) is 0 Å². The van der Waals surface area contributed by atoms with Crippen LogP contribution in [0.2, 0.25) is 0 Å². The average Bonchev–Trinajstić information content (AvgIpc) is 2.74. The van der Waals surface area contributed by atoms with Crippen LogP contribution in [0.1, 0.15) is 37.9 Å². The maximum Gasteiger partial charge on any atom is 0.338 e. The van der Waals surface area contributed by atoms with Gasteiger partial charge in [0.1, 0.15) is 0 Å². The average molecular weight is 536 g/mol. The van der Waals surface area contributed by atoms with Crippen molar-refractivity contribution in [1.82, 2.24) is 10.6 Å². The van der Waals surface area contributed by atoms with Crippen molar-refractivity contribution >= 4 is 40.3 Å². The minimum atomic E-state index is -0.724. The van der Waals surface area contributed by atoms with E-state index in [0.29, 0.717) is 33.9 Å². The Bertz CT molecular complexity index is 1000. The minimum Gasteiger partial charge on any atom is -0.493 e. The summed E-state index contributed by atoms with van der Waals surface area (Å²) in [4.78, 5) is 25.5. The molecule has 1 atom stereocenters. The number of esters is 1. The third kappa shape index (κ3) is 5.12. The van der Waals surface area contributed by atoms with Crippen LogP contribution in [-0.4, -0.2) is 31.8 Å². The Labute approximate surface area is 195 Å². The monoisotopic (exact) mass is 536 g/mol. The maximum atomic E-state index is 13.0. The van der Waals surface area contributed by atoms with Crippen LogP contribution in [0.5, 0.6) is 11.5 Å². The van der Waals surface area contributed by atoms with Crippen LogP contribution >= 0.6 is 22.6 Å². The van der Waals surface area contributed by atoms with E-state index in [9.17, 15) is 9.59 Å². The normalized spacial score (nSPS) is 15.9. The zero-order chi connectivity index (χ0) is 22.5. The number of carbonyl (C=O) groups is 2. The molecule has 0 fully saturated rings. The van der Waals surface area contributed by atoms with Gasteiger partial charge in [-0.2, -0.15) is 0 Å². The van der Waals surface area contributed by atoms with Crippen molar-refractivity contribution in [2.75, 3.05) is 13.7 Å². The molecule has 7 nitrogen and oxygen atoms in total. The topological polar surface area (TPSA) is 85.9 Å². The molecule has 8 heteroatoms. The standard InChI is InChI=1S/C23H25IN2O5/c1-5-30-22(27)18-19(14-9-7-6-8-10-14)25-23(28)26-20(18)15-11-16(24)21(31-13(2)3)17(12-15)29-4/h6-13,20H,5H2,1-4H3,(H2,25,26,28)/t20-/m0/s1. The first-order chi connectivity index (χ1) is 14.8. The van der Waals surface area contributed by atoms with Crippen molar-refractivity contribution in [3.8, 4) is 11.5 Å². The summed E-state index contributed by atoms with van der Waals surface area (Å²) in [6.07, 6.45) is -0.0356. The molecule has 2 aromatic carbocycles. The van der Waals surface area contributed by atoms with E-state index in [1.807, 2.05) is 50.2 Å². The Balaban J connectivity index is 2.19. The Hall–Kier alpha value is -2.75. The molecule has 0 saturated heterocycles. The predicted octanol–water partition coefficient (Wildman–Crippen LogP) is 4.42. The fraction of sp³-hybridized carbons (Fsp3) is 0.304. The van der Waals surface area contributed by atoms with Gasteiger partial charge in [-0.25, -0.2) is 9.59 Å². The molecule has 2 aromatic rings. The van der Waals surface area contributed by atoms with Crippen LogP contribution in [0.15, 0.2) is 48.0 Å². The highest BCUT2D eigenvalue weighted by molar-refractivity contribution is 14.1. The van der Waals surface area contributed by atoms with Gasteiger partial charge in [-0.05, 0) is 66.6 Å². The molecule has 0 spiro atoms. The van der Waals surface area contributed by atoms with Crippen molar-refractivity contribution in [2.45, 2.75) is 32.9 Å². The van der Waals surface area contributed by atoms with Crippen LogP contribution in [-0.2, 0) is 9.53 Å². The second-order valence-electron chi connectivity index (χ2n) is 7.11. The van der Waals surface area contributed by atoms with Crippen LogP contribution in [0.25, 0.3) is 5.70 Å². The van der Waals surface area contributed by atoms with Gasteiger partial charge in [0.15, 0.2) is 11.5 Å². The number of carbonyl (C=O) groups excluding carboxylic acids is 2. The lowest BCUT2D eigenvalue weighted by atomic mass is 9.92. The van der Waals surface area contributed by atoms with E-state index in [2.05, 4.69) is 33.2 Å². The first-order valence-corrected chi connectivity index (χ1v) is 11.0. The molecule has 2 N–H and O–H groups in total. The van der Waals surface area contributed by atoms with Gasteiger partial charge in [-0.15, -0.1) is 0 Å². The first kappa shape index (κ1) is 22.9. The molecule has 0 aromatic heterocycles. The molecule has 0 bridgehead atoms. The number of methoxy groups -OCH3 is 1. The third-order valence-corrected chi connectivity index (χ3v) is 5.37. The number of urea groups is 1. The number of hydrogen-bond acceptors (Lipinski definition) is 5. The molecule has 1 heterocycles. The first-order valence-electron chi connectivity index (χ1n) is 9.94. The lowest BCUT2D eigenvalue weighted by Crippen LogP contribution is -2.45. The van der Waals surface area contributed by atoms with Gasteiger partial charge in [0.25, 0.3) is 0 Å². The highest BCUT2D eigenvalue weighted by Gasteiger charge is 2.35. The highest BCUT2D eigenvalue weighted by Crippen LogP contribution is 2.39. The largest absolute Gasteiger partial charge is 0.493 e. The summed E-state index contributed by atoms with van der Waals surface area (Å²) in [6.45, 7) is 5.83. The van der Waals surface area contributed by atoms with Crippen molar-refractivity contribution in [2.24, 2.45) is 0 Å². The van der Waals surface area contributed by atoms with Gasteiger partial charge in [0.05, 0.1) is 40.7 Å². The second kappa shape index (κ2) is 10.0. The van der Waals surface area contributed by atoms with Crippen LogP contribution in [0, 0.1) is 3.57 Å². The number of halogens is 1. The summed E-state index contributed by atoms with van der Waals surface area (Å²) in [5.74, 6) is 0.634. The number of benzene rings is 2. The van der Waals surface area contributed by atoms with Gasteiger partial charge in [-0.3, -0.25) is 0 Å². The van der Waals surface area contributed by atoms with Crippen LogP contribution in [0.3, 0.4) is 0 Å². The maximum absolute atomic E-state index is 13.0. The lowest BCUT2D eigenvalue weighted by molar-refractivity contribution is -0.138. The molecule has 1 aliphatic rings. The number of hydrogen-bond donors (Lipinski definition) is 2. The van der Waals surface area contributed by atoms with E-state index in [0.717, 1.165) is 3.57 Å². The summed E-state index contributed by atoms with van der Waals surface area (Å²) in [5, 5.41) is 5.63. The molecule has 31 heavy (non-hydrogen) atoms. The van der Waals surface area contributed by atoms with Gasteiger partial charge in [-0.1, -0.05) is 30.3 Å². The molecule has 3 rings (SSSR count). The number of amides is 2. The number of rotatable bonds is 7. The Morgan fingerprint density at radius 3 is 2.52 bits per heavy atom. The van der Waals surface area contributed by atoms with Crippen LogP contribution < -0.4 is 20.1 Å². The van der Waals surface area contributed by atoms with Crippen molar-refractivity contribution < 1.29 is 23.8 Å². The van der Waals surface area contributed by atoms with Gasteiger partial charge < -0.3 is 24.8 Å². The molecule has 0 radical (unpaired) electrons. The Kier molecular flexibility index (Phi) is 7.42. The van der Waals surface area contributed by atoms with E-state index in [1.54, 1.807) is 20.1 Å². The molecular formula is C23H25IN2O5. The summed E-state index contributed by atoms with van der Waals surface area (Å²) in [6, 6.07) is 11.7. The molecule has 0 aliphatic carbocycles. The van der Waals surface area contributed by atoms with Crippen molar-refractivity contribution in [3.05, 3.63) is 62.7 Å². The molecule has 1 aliphatic heterocycles. The summed E-state index contributed by atoms with van der Waals surface area (Å²) < 4.78 is 17.6. The lowest BCUT2D eigenvalue weighted by Gasteiger charge is -2.30. The quantitative estimate of drug-likeness (QED) is 0.405. The fourth-order valence-corrected chi connectivity index (χ4v) is 4.08. The zero-order valence-electron chi connectivity index (χ0n) is 17.8. The minimum absolute atomic E-state index is 0.0356. The Morgan fingerprint density at radius 1 is 1.19 bits per heavy atom. The highest BCUT2D eigenvalue weighted by atomic mass is 127. The predicted molar refractivity (Wildman–Crippen MR) is 126 cm³/mol. The van der Waals surface area contributed by atoms with Gasteiger partial charge in [0.2, 0.25) is 0 Å². The number of nitrogens with one attached hydrogen (secondary N) is 2. The van der Waals surface area contributed by atoms with E-state index >= 15 is 0 Å². The molecule has 0 unspecified atom stereocenters. The molecule has 164 valence electrons. The smallest absolute Gasteiger partial charge is 0.338 e. The van der Waals surface area contributed by atoms with Crippen molar-refractivity contribution in [1.29, 1.82) is 0 Å². The van der Waals surface area contributed by atoms with E-state index in [4.69, 9.17) is 14.2 Å². The van der Waals surface area contributed by atoms with E-state index in [1.165, 1.54) is 0 Å². The van der Waals surface area contributed by atoms with E-state index in [-0.39, 0.29) is 12.7 Å². The SMILES string of the molecule is CCOC(=O)C1=C(c2ccccc2)NC(=O)N[C@H]1c1cc(I)c(OC(C)C)c(OC)c1. The summed E-state index contributed by atoms with van der Waals surface area (Å²) >= 11 is 2.16. The number of ether oxygens (including phenoxy) is 3. The molecule has 2 amide bonds. The van der Waals surface area contributed by atoms with E-state index < -0.39 is 18.0 Å².